The number of ether oxygens (including phenoxy) is 2. The lowest BCUT2D eigenvalue weighted by atomic mass is 10.2. The Morgan fingerprint density at radius 1 is 1.27 bits per heavy atom. The number of hydrogen-bond acceptors (Lipinski definition) is 6. The van der Waals surface area contributed by atoms with E-state index >= 15 is 0 Å². The second-order valence-electron chi connectivity index (χ2n) is 6.37. The molecule has 3 rings (SSSR count). The van der Waals surface area contributed by atoms with Gasteiger partial charge < -0.3 is 14.8 Å². The number of amides is 2. The normalized spacial score (nSPS) is 15.6. The Morgan fingerprint density at radius 2 is 1.97 bits per heavy atom. The fourth-order valence-corrected chi connectivity index (χ4v) is 4.43. The van der Waals surface area contributed by atoms with Crippen molar-refractivity contribution in [2.75, 3.05) is 7.11 Å². The number of thioether (sulfide) groups is 1. The van der Waals surface area contributed by atoms with Crippen LogP contribution in [0.5, 0.6) is 11.5 Å². The van der Waals surface area contributed by atoms with Crippen LogP contribution in [-0.2, 0) is 16.2 Å². The number of benzene rings is 2. The van der Waals surface area contributed by atoms with Crippen molar-refractivity contribution in [3.63, 3.8) is 0 Å². The number of carbonyl (C=O) groups is 2. The summed E-state index contributed by atoms with van der Waals surface area (Å²) in [6.07, 6.45) is 0. The minimum absolute atomic E-state index is 0.224. The van der Waals surface area contributed by atoms with E-state index in [1.54, 1.807) is 18.2 Å². The molecule has 1 aliphatic rings. The molecule has 1 aliphatic heterocycles. The predicted molar refractivity (Wildman–Crippen MR) is 116 cm³/mol. The highest BCUT2D eigenvalue weighted by molar-refractivity contribution is 9.10. The summed E-state index contributed by atoms with van der Waals surface area (Å²) in [6.45, 7) is 3.00. The molecule has 2 aromatic carbocycles. The Bertz CT molecular complexity index is 1000. The summed E-state index contributed by atoms with van der Waals surface area (Å²) in [7, 11) is 1.51. The van der Waals surface area contributed by atoms with E-state index in [9.17, 15) is 14.0 Å². The molecule has 7 nitrogen and oxygen atoms in total. The number of hydrazone groups is 1. The van der Waals surface area contributed by atoms with Gasteiger partial charge in [0.2, 0.25) is 11.8 Å². The van der Waals surface area contributed by atoms with Gasteiger partial charge in [-0.2, -0.15) is 0 Å². The number of amidine groups is 1. The molecule has 0 aromatic heterocycles. The van der Waals surface area contributed by atoms with E-state index in [-0.39, 0.29) is 24.2 Å². The zero-order valence-electron chi connectivity index (χ0n) is 16.4. The van der Waals surface area contributed by atoms with Crippen molar-refractivity contribution in [1.82, 2.24) is 10.3 Å². The minimum Gasteiger partial charge on any atom is -0.493 e. The molecule has 0 unspecified atom stereocenters. The van der Waals surface area contributed by atoms with Crippen molar-refractivity contribution in [2.45, 2.75) is 25.8 Å². The summed E-state index contributed by atoms with van der Waals surface area (Å²) in [5.41, 5.74) is 1.54. The van der Waals surface area contributed by atoms with Gasteiger partial charge in [0.15, 0.2) is 16.7 Å². The Morgan fingerprint density at radius 3 is 2.57 bits per heavy atom. The first kappa shape index (κ1) is 22.1. The van der Waals surface area contributed by atoms with E-state index in [1.165, 1.54) is 49.9 Å². The SMILES string of the molecule is COc1cc([C@@H]2SC(NC(C)=O)=NN2C(C)=O)cc(Br)c1OCc1ccc(F)cc1. The first-order valence-electron chi connectivity index (χ1n) is 8.85. The smallest absolute Gasteiger partial charge is 0.241 e. The van der Waals surface area contributed by atoms with Crippen LogP contribution in [0.1, 0.15) is 30.3 Å². The van der Waals surface area contributed by atoms with Crippen LogP contribution in [0.4, 0.5) is 4.39 Å². The zero-order valence-corrected chi connectivity index (χ0v) is 18.8. The highest BCUT2D eigenvalue weighted by Gasteiger charge is 2.33. The largest absolute Gasteiger partial charge is 0.493 e. The fraction of sp³-hybridized carbons (Fsp3) is 0.250. The second-order valence-corrected chi connectivity index (χ2v) is 8.29. The molecule has 30 heavy (non-hydrogen) atoms. The number of halogens is 2. The zero-order chi connectivity index (χ0) is 21.8. The number of methoxy groups -OCH3 is 1. The monoisotopic (exact) mass is 495 g/mol. The van der Waals surface area contributed by atoms with Crippen LogP contribution in [0.25, 0.3) is 0 Å². The highest BCUT2D eigenvalue weighted by atomic mass is 79.9. The molecule has 2 aromatic rings. The van der Waals surface area contributed by atoms with Crippen LogP contribution in [0.15, 0.2) is 46.0 Å². The summed E-state index contributed by atoms with van der Waals surface area (Å²) >= 11 is 4.74. The first-order chi connectivity index (χ1) is 14.3. The molecule has 0 spiro atoms. The number of nitrogens with zero attached hydrogens (tertiary/aromatic N) is 2. The molecular formula is C20H19BrFN3O4S. The van der Waals surface area contributed by atoms with Crippen LogP contribution in [0.2, 0.25) is 0 Å². The van der Waals surface area contributed by atoms with Crippen molar-refractivity contribution in [3.8, 4) is 11.5 Å². The molecule has 0 radical (unpaired) electrons. The van der Waals surface area contributed by atoms with Crippen molar-refractivity contribution < 1.29 is 23.5 Å². The lowest BCUT2D eigenvalue weighted by Crippen LogP contribution is -2.25. The Labute approximate surface area is 185 Å². The predicted octanol–water partition coefficient (Wildman–Crippen LogP) is 4.18. The average Bonchev–Trinajstić information content (AvgIpc) is 3.11. The first-order valence-corrected chi connectivity index (χ1v) is 10.5. The van der Waals surface area contributed by atoms with E-state index in [0.29, 0.717) is 21.1 Å². The van der Waals surface area contributed by atoms with Crippen LogP contribution < -0.4 is 14.8 Å². The summed E-state index contributed by atoms with van der Waals surface area (Å²) in [5, 5.41) is 7.97. The molecule has 0 saturated carbocycles. The third kappa shape index (κ3) is 5.11. The molecule has 0 saturated heterocycles. The van der Waals surface area contributed by atoms with Crippen molar-refractivity contribution in [3.05, 3.63) is 57.8 Å². The third-order valence-electron chi connectivity index (χ3n) is 4.08. The van der Waals surface area contributed by atoms with Crippen molar-refractivity contribution >= 4 is 44.7 Å². The molecule has 1 atom stereocenters. The Kier molecular flexibility index (Phi) is 6.99. The second kappa shape index (κ2) is 9.48. The molecule has 10 heteroatoms. The van der Waals surface area contributed by atoms with Gasteiger partial charge in [-0.25, -0.2) is 9.40 Å². The highest BCUT2D eigenvalue weighted by Crippen LogP contribution is 2.44. The number of rotatable bonds is 5. The fourth-order valence-electron chi connectivity index (χ4n) is 2.74. The molecule has 0 fully saturated rings. The van der Waals surface area contributed by atoms with Gasteiger partial charge in [-0.05, 0) is 51.3 Å². The van der Waals surface area contributed by atoms with E-state index in [1.807, 2.05) is 6.07 Å². The molecule has 1 heterocycles. The molecule has 158 valence electrons. The summed E-state index contributed by atoms with van der Waals surface area (Å²) in [4.78, 5) is 23.4. The van der Waals surface area contributed by atoms with Gasteiger partial charge in [0.05, 0.1) is 11.6 Å². The molecule has 1 N–H and O–H groups in total. The third-order valence-corrected chi connectivity index (χ3v) is 5.77. The maximum Gasteiger partial charge on any atom is 0.241 e. The van der Waals surface area contributed by atoms with Gasteiger partial charge in [-0.3, -0.25) is 9.59 Å². The van der Waals surface area contributed by atoms with E-state index < -0.39 is 5.37 Å². The van der Waals surface area contributed by atoms with E-state index in [2.05, 4.69) is 26.3 Å². The van der Waals surface area contributed by atoms with Gasteiger partial charge in [-0.1, -0.05) is 23.9 Å². The standard InChI is InChI=1S/C20H19BrFN3O4S/c1-11(26)23-20-24-25(12(2)27)19(30-20)14-8-16(21)18(17(9-14)28-3)29-10-13-4-6-15(22)7-5-13/h4-9,19H,10H2,1-3H3,(H,23,24,26)/t19-/m0/s1. The molecular weight excluding hydrogens is 477 g/mol. The van der Waals surface area contributed by atoms with E-state index in [4.69, 9.17) is 9.47 Å². The molecule has 2 amide bonds. The lowest BCUT2D eigenvalue weighted by molar-refractivity contribution is -0.129. The topological polar surface area (TPSA) is 80.2 Å². The van der Waals surface area contributed by atoms with Crippen LogP contribution >= 0.6 is 27.7 Å². The van der Waals surface area contributed by atoms with Crippen LogP contribution in [-0.4, -0.2) is 29.1 Å². The van der Waals surface area contributed by atoms with Crippen molar-refractivity contribution in [2.24, 2.45) is 5.10 Å². The van der Waals surface area contributed by atoms with Gasteiger partial charge in [0.1, 0.15) is 17.8 Å². The minimum atomic E-state index is -0.472. The van der Waals surface area contributed by atoms with Crippen LogP contribution in [0.3, 0.4) is 0 Å². The molecule has 0 aliphatic carbocycles. The van der Waals surface area contributed by atoms with Gasteiger partial charge in [0, 0.05) is 13.8 Å². The molecule has 0 bridgehead atoms. The quantitative estimate of drug-likeness (QED) is 0.672. The van der Waals surface area contributed by atoms with Crippen LogP contribution in [0, 0.1) is 5.82 Å². The maximum absolute atomic E-state index is 13.1. The Balaban J connectivity index is 1.84. The summed E-state index contributed by atoms with van der Waals surface area (Å²) in [5.74, 6) is 0.0876. The number of nitrogens with one attached hydrogen (secondary N) is 1. The van der Waals surface area contributed by atoms with Gasteiger partial charge in [0.25, 0.3) is 0 Å². The van der Waals surface area contributed by atoms with E-state index in [0.717, 1.165) is 11.1 Å². The average molecular weight is 496 g/mol. The Hall–Kier alpha value is -2.59. The summed E-state index contributed by atoms with van der Waals surface area (Å²) in [6, 6.07) is 9.59. The number of hydrogen-bond donors (Lipinski definition) is 1. The summed E-state index contributed by atoms with van der Waals surface area (Å²) < 4.78 is 25.1. The van der Waals surface area contributed by atoms with Gasteiger partial charge >= 0.3 is 0 Å². The van der Waals surface area contributed by atoms with Gasteiger partial charge in [-0.15, -0.1) is 5.10 Å². The maximum atomic E-state index is 13.1. The van der Waals surface area contributed by atoms with Crippen molar-refractivity contribution in [1.29, 1.82) is 0 Å². The lowest BCUT2D eigenvalue weighted by Gasteiger charge is -2.21. The number of carbonyl (C=O) groups excluding carboxylic acids is 2.